The van der Waals surface area contributed by atoms with Gasteiger partial charge < -0.3 is 5.32 Å². The minimum atomic E-state index is -0.214. The predicted molar refractivity (Wildman–Crippen MR) is 73.3 cm³/mol. The van der Waals surface area contributed by atoms with Gasteiger partial charge in [-0.05, 0) is 43.4 Å². The van der Waals surface area contributed by atoms with E-state index in [4.69, 9.17) is 0 Å². The first kappa shape index (κ1) is 12.2. The van der Waals surface area contributed by atoms with Gasteiger partial charge in [-0.25, -0.2) is 0 Å². The first-order valence-corrected chi connectivity index (χ1v) is 6.65. The predicted octanol–water partition coefficient (Wildman–Crippen LogP) is 2.51. The van der Waals surface area contributed by atoms with Crippen molar-refractivity contribution >= 4 is 17.5 Å². The molecular formula is C15H18N2O2. The molecule has 4 nitrogen and oxygen atoms in total. The molecule has 0 aromatic heterocycles. The molecule has 1 fully saturated rings. The maximum absolute atomic E-state index is 11.9. The molecule has 1 unspecified atom stereocenters. The Hall–Kier alpha value is -1.84. The van der Waals surface area contributed by atoms with E-state index < -0.39 is 0 Å². The minimum Gasteiger partial charge on any atom is -0.382 e. The van der Waals surface area contributed by atoms with E-state index in [-0.39, 0.29) is 11.8 Å². The fraction of sp³-hybridized carbons (Fsp3) is 0.467. The van der Waals surface area contributed by atoms with Gasteiger partial charge in [0.05, 0.1) is 11.1 Å². The number of carbonyl (C=O) groups excluding carboxylic acids is 2. The number of fused-ring (bicyclic) bond motifs is 1. The Morgan fingerprint density at radius 3 is 2.47 bits per heavy atom. The Bertz CT molecular complexity index is 576. The summed E-state index contributed by atoms with van der Waals surface area (Å²) in [5.74, 6) is -0.428. The normalized spacial score (nSPS) is 21.3. The van der Waals surface area contributed by atoms with Crippen molar-refractivity contribution in [1.29, 1.82) is 0 Å². The molecule has 1 atom stereocenters. The van der Waals surface area contributed by atoms with Gasteiger partial charge in [-0.1, -0.05) is 6.92 Å². The zero-order valence-electron chi connectivity index (χ0n) is 11.5. The summed E-state index contributed by atoms with van der Waals surface area (Å²) in [5, 5.41) is 3.44. The fourth-order valence-electron chi connectivity index (χ4n) is 2.51. The summed E-state index contributed by atoms with van der Waals surface area (Å²) in [5.41, 5.74) is 2.29. The van der Waals surface area contributed by atoms with Gasteiger partial charge in [0.2, 0.25) is 0 Å². The third-order valence-corrected chi connectivity index (χ3v) is 4.56. The molecule has 2 amide bonds. The lowest BCUT2D eigenvalue weighted by Gasteiger charge is -2.21. The van der Waals surface area contributed by atoms with Crippen molar-refractivity contribution in [2.45, 2.75) is 32.7 Å². The van der Waals surface area contributed by atoms with Crippen LogP contribution in [0.3, 0.4) is 0 Å². The average molecular weight is 258 g/mol. The van der Waals surface area contributed by atoms with Crippen LogP contribution >= 0.6 is 0 Å². The molecule has 1 aliphatic heterocycles. The van der Waals surface area contributed by atoms with E-state index in [0.29, 0.717) is 22.6 Å². The van der Waals surface area contributed by atoms with E-state index in [1.54, 1.807) is 12.1 Å². The summed E-state index contributed by atoms with van der Waals surface area (Å²) in [4.78, 5) is 24.9. The first-order chi connectivity index (χ1) is 8.92. The Balaban J connectivity index is 1.87. The summed E-state index contributed by atoms with van der Waals surface area (Å²) >= 11 is 0. The van der Waals surface area contributed by atoms with Gasteiger partial charge in [0, 0.05) is 18.8 Å². The number of nitrogens with zero attached hydrogens (tertiary/aromatic N) is 1. The van der Waals surface area contributed by atoms with Gasteiger partial charge in [-0.3, -0.25) is 14.5 Å². The van der Waals surface area contributed by atoms with Gasteiger partial charge >= 0.3 is 0 Å². The summed E-state index contributed by atoms with van der Waals surface area (Å²) in [6, 6.07) is 5.78. The third-order valence-electron chi connectivity index (χ3n) is 4.56. The topological polar surface area (TPSA) is 49.4 Å². The highest BCUT2D eigenvalue weighted by Crippen LogP contribution is 2.48. The number of rotatable bonds is 3. The molecule has 0 saturated heterocycles. The number of anilines is 1. The van der Waals surface area contributed by atoms with Gasteiger partial charge in [-0.15, -0.1) is 0 Å². The van der Waals surface area contributed by atoms with E-state index in [9.17, 15) is 9.59 Å². The number of nitrogens with one attached hydrogen (secondary N) is 1. The highest BCUT2D eigenvalue weighted by molar-refractivity contribution is 6.21. The molecule has 1 aromatic rings. The molecule has 3 rings (SSSR count). The third kappa shape index (κ3) is 1.82. The lowest BCUT2D eigenvalue weighted by Crippen LogP contribution is -2.25. The summed E-state index contributed by atoms with van der Waals surface area (Å²) in [6.07, 6.45) is 2.48. The maximum atomic E-state index is 11.9. The van der Waals surface area contributed by atoms with Crippen molar-refractivity contribution in [3.8, 4) is 0 Å². The van der Waals surface area contributed by atoms with Crippen LogP contribution in [-0.2, 0) is 0 Å². The molecule has 1 aromatic carbocycles. The second-order valence-electron chi connectivity index (χ2n) is 5.95. The minimum absolute atomic E-state index is 0.214. The smallest absolute Gasteiger partial charge is 0.261 e. The van der Waals surface area contributed by atoms with Crippen molar-refractivity contribution in [3.05, 3.63) is 29.3 Å². The molecule has 19 heavy (non-hydrogen) atoms. The van der Waals surface area contributed by atoms with Gasteiger partial charge in [0.25, 0.3) is 11.8 Å². The second kappa shape index (κ2) is 3.83. The van der Waals surface area contributed by atoms with Crippen molar-refractivity contribution in [2.75, 3.05) is 12.4 Å². The van der Waals surface area contributed by atoms with Crippen LogP contribution in [0.1, 0.15) is 47.4 Å². The van der Waals surface area contributed by atoms with E-state index in [0.717, 1.165) is 5.69 Å². The van der Waals surface area contributed by atoms with Crippen LogP contribution in [0.15, 0.2) is 18.2 Å². The van der Waals surface area contributed by atoms with Crippen molar-refractivity contribution < 1.29 is 9.59 Å². The van der Waals surface area contributed by atoms with Crippen LogP contribution in [0.25, 0.3) is 0 Å². The highest BCUT2D eigenvalue weighted by Gasteiger charge is 2.42. The molecule has 0 spiro atoms. The molecule has 0 bridgehead atoms. The second-order valence-corrected chi connectivity index (χ2v) is 5.95. The van der Waals surface area contributed by atoms with Crippen molar-refractivity contribution in [3.63, 3.8) is 0 Å². The monoisotopic (exact) mass is 258 g/mol. The maximum Gasteiger partial charge on any atom is 0.261 e. The Morgan fingerprint density at radius 1 is 1.21 bits per heavy atom. The molecule has 100 valence electrons. The molecule has 2 aliphatic rings. The van der Waals surface area contributed by atoms with Crippen molar-refractivity contribution in [2.24, 2.45) is 5.41 Å². The Kier molecular flexibility index (Phi) is 2.46. The summed E-state index contributed by atoms with van der Waals surface area (Å²) in [6.45, 7) is 4.43. The van der Waals surface area contributed by atoms with E-state index >= 15 is 0 Å². The standard InChI is InChI=1S/C15H18N2O2/c1-9(15(2)6-7-15)16-10-4-5-11-12(8-10)14(19)17(3)13(11)18/h4-5,8-9,16H,6-7H2,1-3H3. The average Bonchev–Trinajstić information content (AvgIpc) is 3.11. The summed E-state index contributed by atoms with van der Waals surface area (Å²) < 4.78 is 0. The molecular weight excluding hydrogens is 240 g/mol. The van der Waals surface area contributed by atoms with Gasteiger partial charge in [0.15, 0.2) is 0 Å². The molecule has 1 heterocycles. The zero-order valence-corrected chi connectivity index (χ0v) is 11.5. The molecule has 1 saturated carbocycles. The number of carbonyl (C=O) groups is 2. The molecule has 4 heteroatoms. The first-order valence-electron chi connectivity index (χ1n) is 6.65. The van der Waals surface area contributed by atoms with E-state index in [1.807, 2.05) is 6.07 Å². The van der Waals surface area contributed by atoms with Crippen LogP contribution in [0.5, 0.6) is 0 Å². The largest absolute Gasteiger partial charge is 0.382 e. The van der Waals surface area contributed by atoms with E-state index in [2.05, 4.69) is 19.2 Å². The van der Waals surface area contributed by atoms with Gasteiger partial charge in [-0.2, -0.15) is 0 Å². The van der Waals surface area contributed by atoms with Crippen LogP contribution in [0, 0.1) is 5.41 Å². The quantitative estimate of drug-likeness (QED) is 0.847. The lowest BCUT2D eigenvalue weighted by atomic mass is 10.00. The van der Waals surface area contributed by atoms with Crippen LogP contribution < -0.4 is 5.32 Å². The highest BCUT2D eigenvalue weighted by atomic mass is 16.2. The molecule has 0 radical (unpaired) electrons. The van der Waals surface area contributed by atoms with Crippen LogP contribution in [-0.4, -0.2) is 29.8 Å². The van der Waals surface area contributed by atoms with Crippen LogP contribution in [0.4, 0.5) is 5.69 Å². The van der Waals surface area contributed by atoms with E-state index in [1.165, 1.54) is 24.8 Å². The van der Waals surface area contributed by atoms with Crippen molar-refractivity contribution in [1.82, 2.24) is 4.90 Å². The Labute approximate surface area is 112 Å². The number of imide groups is 1. The Morgan fingerprint density at radius 2 is 1.84 bits per heavy atom. The SMILES string of the molecule is CC(Nc1ccc2c(c1)C(=O)N(C)C2=O)C1(C)CC1. The number of amides is 2. The van der Waals surface area contributed by atoms with Gasteiger partial charge in [0.1, 0.15) is 0 Å². The number of hydrogen-bond donors (Lipinski definition) is 1. The zero-order chi connectivity index (χ0) is 13.8. The molecule has 1 aliphatic carbocycles. The number of hydrogen-bond acceptors (Lipinski definition) is 3. The summed E-state index contributed by atoms with van der Waals surface area (Å²) in [7, 11) is 1.52. The lowest BCUT2D eigenvalue weighted by molar-refractivity contribution is 0.0693. The number of benzene rings is 1. The van der Waals surface area contributed by atoms with Crippen LogP contribution in [0.2, 0.25) is 0 Å². The fourth-order valence-corrected chi connectivity index (χ4v) is 2.51. The molecule has 1 N–H and O–H groups in total.